The topological polar surface area (TPSA) is 46.0 Å². The van der Waals surface area contributed by atoms with Crippen molar-refractivity contribution in [3.05, 3.63) is 16.8 Å². The van der Waals surface area contributed by atoms with Gasteiger partial charge in [-0.2, -0.15) is 0 Å². The van der Waals surface area contributed by atoms with Gasteiger partial charge in [0.15, 0.2) is 0 Å². The summed E-state index contributed by atoms with van der Waals surface area (Å²) in [6.07, 6.45) is 8.62. The molecule has 0 saturated carbocycles. The smallest absolute Gasteiger partial charge is 0.128 e. The third-order valence-corrected chi connectivity index (χ3v) is 5.78. The third-order valence-electron chi connectivity index (χ3n) is 3.51. The molecule has 102 valence electrons. The quantitative estimate of drug-likeness (QED) is 0.521. The molecule has 2 heterocycles. The van der Waals surface area contributed by atoms with E-state index in [1.165, 1.54) is 41.5 Å². The maximum Gasteiger partial charge on any atom is 0.128 e. The molecule has 3 nitrogen and oxygen atoms in total. The zero-order chi connectivity index (χ0) is 13.1. The van der Waals surface area contributed by atoms with Gasteiger partial charge in [0.25, 0.3) is 0 Å². The van der Waals surface area contributed by atoms with E-state index in [9.17, 15) is 0 Å². The molecule has 1 aliphatic rings. The average molecular weight is 294 g/mol. The lowest BCUT2D eigenvalue weighted by Crippen LogP contribution is -1.99. The van der Waals surface area contributed by atoms with Gasteiger partial charge in [0.05, 0.1) is 0 Å². The Labute approximate surface area is 121 Å². The lowest BCUT2D eigenvalue weighted by atomic mass is 9.97. The average Bonchev–Trinajstić information content (AvgIpc) is 2.83. The summed E-state index contributed by atoms with van der Waals surface area (Å²) >= 11 is 3.66. The predicted octanol–water partition coefficient (Wildman–Crippen LogP) is 3.43. The fourth-order valence-electron chi connectivity index (χ4n) is 2.55. The third kappa shape index (κ3) is 2.78. The molecule has 0 bridgehead atoms. The monoisotopic (exact) mass is 294 g/mol. The Morgan fingerprint density at radius 3 is 3.00 bits per heavy atom. The number of aliphatic hydroxyl groups is 1. The van der Waals surface area contributed by atoms with Gasteiger partial charge in [0.2, 0.25) is 0 Å². The van der Waals surface area contributed by atoms with Crippen LogP contribution in [0.15, 0.2) is 11.4 Å². The Bertz CT molecular complexity index is 568. The molecule has 0 unspecified atom stereocenters. The van der Waals surface area contributed by atoms with Crippen LogP contribution in [0.5, 0.6) is 0 Å². The number of hydrogen-bond donors (Lipinski definition) is 1. The Morgan fingerprint density at radius 1 is 1.21 bits per heavy atom. The molecular weight excluding hydrogens is 276 g/mol. The number of rotatable bonds is 5. The zero-order valence-electron chi connectivity index (χ0n) is 10.9. The molecule has 0 radical (unpaired) electrons. The molecule has 0 amide bonds. The van der Waals surface area contributed by atoms with Crippen molar-refractivity contribution in [1.29, 1.82) is 0 Å². The molecule has 1 aliphatic carbocycles. The van der Waals surface area contributed by atoms with Crippen LogP contribution in [0, 0.1) is 0 Å². The number of hydrogen-bond acceptors (Lipinski definition) is 5. The summed E-state index contributed by atoms with van der Waals surface area (Å²) in [7, 11) is 0. The molecular formula is C14H18N2OS2. The minimum absolute atomic E-state index is 0.285. The van der Waals surface area contributed by atoms with Crippen LogP contribution in [-0.2, 0) is 12.8 Å². The molecule has 0 atom stereocenters. The van der Waals surface area contributed by atoms with E-state index >= 15 is 0 Å². The van der Waals surface area contributed by atoms with E-state index in [1.54, 1.807) is 6.33 Å². The summed E-state index contributed by atoms with van der Waals surface area (Å²) in [5.41, 5.74) is 1.51. The van der Waals surface area contributed by atoms with Gasteiger partial charge in [-0.15, -0.1) is 23.1 Å². The number of thiophene rings is 1. The van der Waals surface area contributed by atoms with Crippen LogP contribution in [0.4, 0.5) is 0 Å². The number of fused-ring (bicyclic) bond motifs is 3. The molecule has 1 N–H and O–H groups in total. The predicted molar refractivity (Wildman–Crippen MR) is 81.1 cm³/mol. The highest BCUT2D eigenvalue weighted by Crippen LogP contribution is 2.39. The summed E-state index contributed by atoms with van der Waals surface area (Å²) in [6, 6.07) is 0. The SMILES string of the molecule is OCCCCSc1ncnc2sc3c(c12)CCCC3. The molecule has 2 aromatic rings. The molecule has 3 rings (SSSR count). The maximum atomic E-state index is 8.83. The van der Waals surface area contributed by atoms with Gasteiger partial charge >= 0.3 is 0 Å². The highest BCUT2D eigenvalue weighted by molar-refractivity contribution is 7.99. The lowest BCUT2D eigenvalue weighted by molar-refractivity contribution is 0.287. The number of aliphatic hydroxyl groups excluding tert-OH is 1. The Kier molecular flexibility index (Phi) is 4.35. The van der Waals surface area contributed by atoms with Crippen molar-refractivity contribution in [2.24, 2.45) is 0 Å². The summed E-state index contributed by atoms with van der Waals surface area (Å²) in [5.74, 6) is 1.03. The zero-order valence-corrected chi connectivity index (χ0v) is 12.5. The molecule has 0 spiro atoms. The van der Waals surface area contributed by atoms with Crippen LogP contribution in [0.2, 0.25) is 0 Å². The van der Waals surface area contributed by atoms with E-state index < -0.39 is 0 Å². The van der Waals surface area contributed by atoms with Gasteiger partial charge < -0.3 is 5.11 Å². The number of aryl methyl sites for hydroxylation is 2. The van der Waals surface area contributed by atoms with E-state index in [0.29, 0.717) is 0 Å². The summed E-state index contributed by atoms with van der Waals surface area (Å²) < 4.78 is 0. The molecule has 19 heavy (non-hydrogen) atoms. The van der Waals surface area contributed by atoms with Crippen molar-refractivity contribution in [3.8, 4) is 0 Å². The number of unbranched alkanes of at least 4 members (excludes halogenated alkanes) is 1. The minimum Gasteiger partial charge on any atom is -0.396 e. The standard InChI is InChI=1S/C14H18N2OS2/c17-7-3-4-8-18-13-12-10-5-1-2-6-11(10)19-14(12)16-9-15-13/h9,17H,1-8H2. The van der Waals surface area contributed by atoms with Crippen molar-refractivity contribution in [3.63, 3.8) is 0 Å². The van der Waals surface area contributed by atoms with Crippen LogP contribution in [-0.4, -0.2) is 27.4 Å². The summed E-state index contributed by atoms with van der Waals surface area (Å²) in [5, 5.41) is 11.3. The maximum absolute atomic E-state index is 8.83. The van der Waals surface area contributed by atoms with Crippen molar-refractivity contribution in [1.82, 2.24) is 9.97 Å². The van der Waals surface area contributed by atoms with Crippen molar-refractivity contribution in [2.45, 2.75) is 43.6 Å². The van der Waals surface area contributed by atoms with Gasteiger partial charge in [0.1, 0.15) is 16.2 Å². The first-order chi connectivity index (χ1) is 9.40. The van der Waals surface area contributed by atoms with Crippen molar-refractivity contribution >= 4 is 33.3 Å². The summed E-state index contributed by atoms with van der Waals surface area (Å²) in [6.45, 7) is 0.285. The van der Waals surface area contributed by atoms with Crippen LogP contribution in [0.3, 0.4) is 0 Å². The highest BCUT2D eigenvalue weighted by Gasteiger charge is 2.19. The number of nitrogens with zero attached hydrogens (tertiary/aromatic N) is 2. The van der Waals surface area contributed by atoms with Crippen LogP contribution >= 0.6 is 23.1 Å². The fourth-order valence-corrected chi connectivity index (χ4v) is 4.87. The molecule has 5 heteroatoms. The van der Waals surface area contributed by atoms with Gasteiger partial charge in [0, 0.05) is 16.9 Å². The van der Waals surface area contributed by atoms with Crippen molar-refractivity contribution < 1.29 is 5.11 Å². The van der Waals surface area contributed by atoms with E-state index in [2.05, 4.69) is 9.97 Å². The van der Waals surface area contributed by atoms with E-state index in [-0.39, 0.29) is 6.61 Å². The minimum atomic E-state index is 0.285. The molecule has 0 aliphatic heterocycles. The molecule has 2 aromatic heterocycles. The van der Waals surface area contributed by atoms with Crippen LogP contribution < -0.4 is 0 Å². The first kappa shape index (κ1) is 13.3. The second-order valence-corrected chi connectivity index (χ2v) is 7.02. The number of aromatic nitrogens is 2. The molecule has 0 aromatic carbocycles. The van der Waals surface area contributed by atoms with Gasteiger partial charge in [-0.1, -0.05) is 0 Å². The normalized spacial score (nSPS) is 14.8. The Hall–Kier alpha value is -0.650. The largest absolute Gasteiger partial charge is 0.396 e. The van der Waals surface area contributed by atoms with Crippen LogP contribution in [0.1, 0.15) is 36.1 Å². The first-order valence-electron chi connectivity index (χ1n) is 6.89. The van der Waals surface area contributed by atoms with Gasteiger partial charge in [-0.25, -0.2) is 9.97 Å². The number of thioether (sulfide) groups is 1. The Balaban J connectivity index is 1.88. The first-order valence-corrected chi connectivity index (χ1v) is 8.69. The summed E-state index contributed by atoms with van der Waals surface area (Å²) in [4.78, 5) is 11.6. The van der Waals surface area contributed by atoms with E-state index in [4.69, 9.17) is 5.11 Å². The molecule has 0 fully saturated rings. The lowest BCUT2D eigenvalue weighted by Gasteiger charge is -2.11. The Morgan fingerprint density at radius 2 is 2.11 bits per heavy atom. The van der Waals surface area contributed by atoms with Crippen LogP contribution in [0.25, 0.3) is 10.2 Å². The van der Waals surface area contributed by atoms with E-state index in [1.807, 2.05) is 23.1 Å². The van der Waals surface area contributed by atoms with E-state index in [0.717, 1.165) is 28.5 Å². The second kappa shape index (κ2) is 6.20. The second-order valence-electron chi connectivity index (χ2n) is 4.85. The van der Waals surface area contributed by atoms with Crippen molar-refractivity contribution in [2.75, 3.05) is 12.4 Å². The highest BCUT2D eigenvalue weighted by atomic mass is 32.2. The fraction of sp³-hybridized carbons (Fsp3) is 0.571. The molecule has 0 saturated heterocycles. The van der Waals surface area contributed by atoms with Gasteiger partial charge in [-0.3, -0.25) is 0 Å². The van der Waals surface area contributed by atoms with Gasteiger partial charge in [-0.05, 0) is 49.8 Å².